The van der Waals surface area contributed by atoms with Crippen LogP contribution in [0, 0.1) is 13.8 Å². The molecule has 2 aliphatic carbocycles. The molecule has 6 aliphatic heterocycles. The fourth-order valence-electron chi connectivity index (χ4n) is 12.7. The number of fused-ring (bicyclic) bond motifs is 14. The number of ether oxygens (including phenoxy) is 2. The van der Waals surface area contributed by atoms with Crippen molar-refractivity contribution in [2.75, 3.05) is 22.9 Å². The molecule has 4 aromatic rings. The number of carbonyl (C=O) groups excluding carboxylic acids is 3. The number of benzene rings is 4. The van der Waals surface area contributed by atoms with Gasteiger partial charge in [0.15, 0.2) is 5.78 Å². The molecule has 4 unspecified atom stereocenters. The van der Waals surface area contributed by atoms with Crippen LogP contribution in [-0.4, -0.2) is 79.7 Å². The van der Waals surface area contributed by atoms with Crippen molar-refractivity contribution in [3.8, 4) is 0 Å². The Balaban J connectivity index is 0.000000183. The molecule has 0 saturated heterocycles. The third kappa shape index (κ3) is 9.07. The zero-order chi connectivity index (χ0) is 52.6. The first-order valence-electron chi connectivity index (χ1n) is 24.5. The maximum atomic E-state index is 13.2. The number of ketones is 3. The Bertz CT molecular complexity index is 3830. The molecule has 6 heterocycles. The minimum Gasteiger partial charge on any atom is -0.744 e. The van der Waals surface area contributed by atoms with Gasteiger partial charge in [-0.2, -0.15) is 0 Å². The van der Waals surface area contributed by atoms with Gasteiger partial charge in [-0.25, -0.2) is 16.8 Å². The van der Waals surface area contributed by atoms with Crippen LogP contribution >= 0.6 is 0 Å². The predicted octanol–water partition coefficient (Wildman–Crippen LogP) is 2.45. The molecular weight excluding hydrogens is 1030 g/mol. The Morgan fingerprint density at radius 2 is 1.22 bits per heavy atom. The number of allylic oxidation sites excluding steroid dienone is 8. The second kappa shape index (κ2) is 19.9. The standard InChI is InChI=1S/C30H29NO3.C27H23NO10S2.2Na/c1-4-5-22(33)17-30(3)28-23-10-6-18(2)14-19(23)8-11-25(28)31-13-12-26-24(29(30)31)15-20-7-9-21(32)16-27(20)34-26;1-13-3-5-16-14(9-13)4-6-18-22(16)27(2,12-21(29)30)26-17-10-15-11-20(39(32,33)34)23(31)25(40(35,36)37)24(15)38-19(17)7-8-28(18)26;;/h6-11,14-16,26H,4-5,12-13,17H2,1-3H3;3-6,9-11,19H,7-8,12H2,1-2H3,(H,29,30)(H,32,33,34)(H,35,36,37);;/q;;2*+1/p-2. The van der Waals surface area contributed by atoms with E-state index in [-0.39, 0.29) is 89.4 Å². The Hall–Kier alpha value is -5.18. The number of carboxylic acid groups (broad SMARTS) is 1. The normalized spacial score (nSPS) is 23.8. The Morgan fingerprint density at radius 3 is 1.74 bits per heavy atom. The van der Waals surface area contributed by atoms with Gasteiger partial charge in [-0.3, -0.25) is 19.2 Å². The summed E-state index contributed by atoms with van der Waals surface area (Å²) < 4.78 is 83.8. The van der Waals surface area contributed by atoms with E-state index >= 15 is 0 Å². The largest absolute Gasteiger partial charge is 1.00 e. The number of hydrogen-bond acceptors (Lipinski definition) is 14. The summed E-state index contributed by atoms with van der Waals surface area (Å²) in [6.07, 6.45) is 11.0. The Labute approximate surface area is 484 Å². The van der Waals surface area contributed by atoms with Crippen molar-refractivity contribution in [2.24, 2.45) is 0 Å². The third-order valence-electron chi connectivity index (χ3n) is 15.5. The molecule has 0 amide bonds. The van der Waals surface area contributed by atoms with E-state index in [1.807, 2.05) is 48.2 Å². The van der Waals surface area contributed by atoms with Crippen LogP contribution in [0.1, 0.15) is 81.5 Å². The number of Topliss-reactive ketones (excluding diaryl/α,β-unsaturated/α-hetero) is 2. The summed E-state index contributed by atoms with van der Waals surface area (Å²) in [5.74, 6) is -2.50. The molecule has 4 aromatic carbocycles. The van der Waals surface area contributed by atoms with Gasteiger partial charge in [-0.1, -0.05) is 66.6 Å². The van der Waals surface area contributed by atoms with Crippen LogP contribution in [0.5, 0.6) is 0 Å². The second-order valence-corrected chi connectivity index (χ2v) is 23.3. The predicted molar refractivity (Wildman–Crippen MR) is 274 cm³/mol. The van der Waals surface area contributed by atoms with Gasteiger partial charge in [0.1, 0.15) is 59.6 Å². The van der Waals surface area contributed by atoms with Crippen molar-refractivity contribution in [3.63, 3.8) is 0 Å². The zero-order valence-electron chi connectivity index (χ0n) is 43.1. The summed E-state index contributed by atoms with van der Waals surface area (Å²) in [6, 6.07) is 20.8. The summed E-state index contributed by atoms with van der Waals surface area (Å²) in [5, 5.41) is 14.2. The monoisotopic (exact) mass is 1080 g/mol. The SMILES string of the molecule is CCCC(=O)CC1(C)C2=C3C=C4C=CC(=O)C=C4OC3CCN2c2ccc3cc(C)ccc3c21.Cc1ccc2c3c(ccc2c1)N1CCC2OC4=C(S(=O)(=O)[O-])C(=O)C(S(=O)(=O)[O-])=CC4=CC2=C1C3(C)CC(=O)O.[Na+].[Na+]. The van der Waals surface area contributed by atoms with Crippen molar-refractivity contribution in [3.05, 3.63) is 174 Å². The molecule has 8 aliphatic rings. The maximum absolute atomic E-state index is 13.2. The molecule has 0 bridgehead atoms. The smallest absolute Gasteiger partial charge is 0.744 e. The topological polar surface area (TPSA) is 228 Å². The van der Waals surface area contributed by atoms with Gasteiger partial charge in [0, 0.05) is 101 Å². The Morgan fingerprint density at radius 1 is 0.697 bits per heavy atom. The number of aliphatic carboxylic acids is 1. The van der Waals surface area contributed by atoms with E-state index in [4.69, 9.17) is 9.47 Å². The molecule has 15 nitrogen and oxygen atoms in total. The van der Waals surface area contributed by atoms with Gasteiger partial charge in [0.25, 0.3) is 0 Å². The number of aryl methyl sites for hydroxylation is 2. The molecular formula is C57H50N2Na2O13S2. The van der Waals surface area contributed by atoms with Crippen LogP contribution in [0.2, 0.25) is 0 Å². The molecule has 12 rings (SSSR count). The van der Waals surface area contributed by atoms with Gasteiger partial charge < -0.3 is 33.5 Å². The van der Waals surface area contributed by atoms with E-state index in [9.17, 15) is 50.2 Å². The zero-order valence-corrected chi connectivity index (χ0v) is 48.7. The molecule has 0 fully saturated rings. The summed E-state index contributed by atoms with van der Waals surface area (Å²) in [5.41, 5.74) is 8.76. The van der Waals surface area contributed by atoms with Crippen LogP contribution < -0.4 is 68.9 Å². The third-order valence-corrected chi connectivity index (χ3v) is 17.2. The van der Waals surface area contributed by atoms with Crippen LogP contribution in [-0.2, 0) is 59.7 Å². The van der Waals surface area contributed by atoms with Gasteiger partial charge >= 0.3 is 65.1 Å². The van der Waals surface area contributed by atoms with Gasteiger partial charge in [0.05, 0.1) is 6.42 Å². The summed E-state index contributed by atoms with van der Waals surface area (Å²) in [4.78, 5) is 51.5. The van der Waals surface area contributed by atoms with Crippen molar-refractivity contribution in [1.29, 1.82) is 0 Å². The number of carboxylic acids is 1. The molecule has 380 valence electrons. The van der Waals surface area contributed by atoms with Crippen LogP contribution in [0.15, 0.2) is 152 Å². The molecule has 0 saturated carbocycles. The molecule has 0 spiro atoms. The number of rotatable bonds is 8. The van der Waals surface area contributed by atoms with Crippen molar-refractivity contribution in [1.82, 2.24) is 0 Å². The van der Waals surface area contributed by atoms with E-state index in [1.165, 1.54) is 39.4 Å². The van der Waals surface area contributed by atoms with Crippen molar-refractivity contribution in [2.45, 2.75) is 96.2 Å². The number of anilines is 2. The molecule has 1 N–H and O–H groups in total. The first-order valence-corrected chi connectivity index (χ1v) is 27.3. The minimum atomic E-state index is -5.54. The van der Waals surface area contributed by atoms with Crippen LogP contribution in [0.3, 0.4) is 0 Å². The molecule has 4 atom stereocenters. The van der Waals surface area contributed by atoms with Crippen LogP contribution in [0.4, 0.5) is 11.4 Å². The molecule has 76 heavy (non-hydrogen) atoms. The summed E-state index contributed by atoms with van der Waals surface area (Å²) >= 11 is 0. The number of hydrogen-bond donors (Lipinski definition) is 1. The van der Waals surface area contributed by atoms with E-state index in [1.54, 1.807) is 19.1 Å². The van der Waals surface area contributed by atoms with Crippen LogP contribution in [0.25, 0.3) is 21.5 Å². The second-order valence-electron chi connectivity index (χ2n) is 20.6. The summed E-state index contributed by atoms with van der Waals surface area (Å²) in [7, 11) is -11.0. The van der Waals surface area contributed by atoms with E-state index < -0.39 is 64.5 Å². The Kier molecular flexibility index (Phi) is 14.6. The quantitative estimate of drug-likeness (QED) is 0.198. The molecule has 19 heteroatoms. The molecule has 0 radical (unpaired) electrons. The number of nitrogens with zero attached hydrogens (tertiary/aromatic N) is 2. The average Bonchev–Trinajstić information content (AvgIpc) is 3.89. The first kappa shape index (κ1) is 55.6. The van der Waals surface area contributed by atoms with E-state index in [0.29, 0.717) is 48.3 Å². The number of carbonyl (C=O) groups is 4. The first-order chi connectivity index (χ1) is 35.0. The van der Waals surface area contributed by atoms with Crippen molar-refractivity contribution >= 4 is 76.5 Å². The molecule has 0 aromatic heterocycles. The maximum Gasteiger partial charge on any atom is 1.00 e. The van der Waals surface area contributed by atoms with E-state index in [2.05, 4.69) is 62.1 Å². The minimum absolute atomic E-state index is 0. The average molecular weight is 1080 g/mol. The van der Waals surface area contributed by atoms with Gasteiger partial charge in [-0.05, 0) is 109 Å². The summed E-state index contributed by atoms with van der Waals surface area (Å²) in [6.45, 7) is 11.3. The van der Waals surface area contributed by atoms with Gasteiger partial charge in [-0.15, -0.1) is 0 Å². The van der Waals surface area contributed by atoms with E-state index in [0.717, 1.165) is 58.1 Å². The van der Waals surface area contributed by atoms with Crippen molar-refractivity contribution < 1.29 is 119 Å². The fraction of sp³-hybridized carbons (Fsp3) is 0.298. The fourth-order valence-corrected chi connectivity index (χ4v) is 14.1. The van der Waals surface area contributed by atoms with Gasteiger partial charge in [0.2, 0.25) is 5.78 Å².